The second-order valence-corrected chi connectivity index (χ2v) is 6.46. The molecular formula is C20H15ClN2O2. The Labute approximate surface area is 150 Å². The number of halogens is 1. The molecule has 0 bridgehead atoms. The van der Waals surface area contributed by atoms with Crippen molar-refractivity contribution in [3.63, 3.8) is 0 Å². The van der Waals surface area contributed by atoms with E-state index in [1.54, 1.807) is 42.2 Å². The van der Waals surface area contributed by atoms with Crippen LogP contribution in [0.25, 0.3) is 10.8 Å². The number of nitrogens with zero attached hydrogens (tertiary/aromatic N) is 1. The fraction of sp³-hybridized carbons (Fsp3) is 0.100. The van der Waals surface area contributed by atoms with Gasteiger partial charge in [-0.3, -0.25) is 14.5 Å². The van der Waals surface area contributed by atoms with Crippen LogP contribution in [0.3, 0.4) is 0 Å². The number of carbonyl (C=O) groups excluding carboxylic acids is 2. The Morgan fingerprint density at radius 1 is 1.04 bits per heavy atom. The van der Waals surface area contributed by atoms with Crippen LogP contribution in [0.2, 0.25) is 5.02 Å². The molecular weight excluding hydrogens is 336 g/mol. The van der Waals surface area contributed by atoms with Crippen LogP contribution >= 0.6 is 11.6 Å². The topological polar surface area (TPSA) is 49.4 Å². The molecule has 0 fully saturated rings. The zero-order valence-electron chi connectivity index (χ0n) is 13.5. The average Bonchev–Trinajstić information content (AvgIpc) is 2.91. The summed E-state index contributed by atoms with van der Waals surface area (Å²) in [7, 11) is 0. The molecule has 0 aliphatic carbocycles. The Hall–Kier alpha value is -2.85. The van der Waals surface area contributed by atoms with Gasteiger partial charge in [0.1, 0.15) is 6.04 Å². The van der Waals surface area contributed by atoms with Crippen molar-refractivity contribution in [1.29, 1.82) is 0 Å². The van der Waals surface area contributed by atoms with Gasteiger partial charge in [0, 0.05) is 21.7 Å². The van der Waals surface area contributed by atoms with Crippen molar-refractivity contribution in [2.24, 2.45) is 0 Å². The molecule has 5 heteroatoms. The van der Waals surface area contributed by atoms with Crippen molar-refractivity contribution < 1.29 is 9.59 Å². The van der Waals surface area contributed by atoms with Gasteiger partial charge in [0.15, 0.2) is 0 Å². The highest BCUT2D eigenvalue weighted by Gasteiger charge is 2.35. The molecule has 3 aromatic rings. The van der Waals surface area contributed by atoms with Crippen LogP contribution in [-0.4, -0.2) is 17.9 Å². The van der Waals surface area contributed by atoms with E-state index in [0.717, 1.165) is 16.5 Å². The van der Waals surface area contributed by atoms with E-state index in [-0.39, 0.29) is 11.8 Å². The summed E-state index contributed by atoms with van der Waals surface area (Å²) in [4.78, 5) is 27.1. The molecule has 1 heterocycles. The van der Waals surface area contributed by atoms with E-state index in [0.29, 0.717) is 16.3 Å². The van der Waals surface area contributed by atoms with E-state index in [9.17, 15) is 9.59 Å². The molecule has 0 saturated carbocycles. The molecule has 25 heavy (non-hydrogen) atoms. The normalized spacial score (nSPS) is 14.0. The van der Waals surface area contributed by atoms with Crippen molar-refractivity contribution in [2.45, 2.75) is 13.0 Å². The minimum absolute atomic E-state index is 0.148. The maximum atomic E-state index is 12.8. The molecule has 4 rings (SSSR count). The van der Waals surface area contributed by atoms with Gasteiger partial charge in [-0.25, -0.2) is 0 Å². The zero-order valence-corrected chi connectivity index (χ0v) is 14.2. The lowest BCUT2D eigenvalue weighted by Crippen LogP contribution is -2.44. The van der Waals surface area contributed by atoms with E-state index in [4.69, 9.17) is 11.6 Å². The van der Waals surface area contributed by atoms with Crippen molar-refractivity contribution >= 4 is 45.6 Å². The average molecular weight is 351 g/mol. The predicted molar refractivity (Wildman–Crippen MR) is 100 cm³/mol. The van der Waals surface area contributed by atoms with Gasteiger partial charge in [0.05, 0.1) is 5.69 Å². The summed E-state index contributed by atoms with van der Waals surface area (Å²) in [5, 5.41) is 5.33. The molecule has 2 amide bonds. The fourth-order valence-electron chi connectivity index (χ4n) is 3.22. The molecule has 1 N–H and O–H groups in total. The highest BCUT2D eigenvalue weighted by atomic mass is 35.5. The first-order valence-corrected chi connectivity index (χ1v) is 8.36. The number of nitrogens with one attached hydrogen (secondary N) is 1. The molecule has 1 aliphatic heterocycles. The molecule has 0 radical (unpaired) electrons. The minimum atomic E-state index is -0.638. The first-order valence-electron chi connectivity index (χ1n) is 7.98. The number of carbonyl (C=O) groups is 2. The van der Waals surface area contributed by atoms with Crippen molar-refractivity contribution in [3.05, 3.63) is 71.2 Å². The molecule has 1 atom stereocenters. The molecule has 4 nitrogen and oxygen atoms in total. The second kappa shape index (κ2) is 5.90. The first-order chi connectivity index (χ1) is 12.1. The van der Waals surface area contributed by atoms with Gasteiger partial charge in [-0.2, -0.15) is 0 Å². The van der Waals surface area contributed by atoms with E-state index in [2.05, 4.69) is 5.32 Å². The second-order valence-electron chi connectivity index (χ2n) is 6.03. The summed E-state index contributed by atoms with van der Waals surface area (Å²) in [5.41, 5.74) is 2.06. The van der Waals surface area contributed by atoms with E-state index >= 15 is 0 Å². The van der Waals surface area contributed by atoms with Gasteiger partial charge in [0.2, 0.25) is 5.91 Å². The largest absolute Gasteiger partial charge is 0.324 e. The monoisotopic (exact) mass is 350 g/mol. The summed E-state index contributed by atoms with van der Waals surface area (Å²) in [6.07, 6.45) is 0. The fourth-order valence-corrected chi connectivity index (χ4v) is 3.35. The third-order valence-corrected chi connectivity index (χ3v) is 4.72. The van der Waals surface area contributed by atoms with E-state index in [1.807, 2.05) is 30.3 Å². The summed E-state index contributed by atoms with van der Waals surface area (Å²) < 4.78 is 0. The van der Waals surface area contributed by atoms with Gasteiger partial charge in [0.25, 0.3) is 5.91 Å². The van der Waals surface area contributed by atoms with Crippen LogP contribution in [0.5, 0.6) is 0 Å². The van der Waals surface area contributed by atoms with Crippen LogP contribution in [0.15, 0.2) is 60.7 Å². The Balaban J connectivity index is 1.66. The summed E-state index contributed by atoms with van der Waals surface area (Å²) in [5.74, 6) is -0.397. The quantitative estimate of drug-likeness (QED) is 0.757. The lowest BCUT2D eigenvalue weighted by atomic mass is 10.1. The maximum absolute atomic E-state index is 12.8. The number of rotatable bonds is 3. The third kappa shape index (κ3) is 2.55. The number of amides is 2. The zero-order chi connectivity index (χ0) is 17.6. The van der Waals surface area contributed by atoms with E-state index in [1.165, 1.54) is 0 Å². The molecule has 0 aromatic heterocycles. The molecule has 124 valence electrons. The Morgan fingerprint density at radius 2 is 1.72 bits per heavy atom. The molecule has 0 spiro atoms. The summed E-state index contributed by atoms with van der Waals surface area (Å²) in [6.45, 7) is 1.73. The molecule has 3 aromatic carbocycles. The summed E-state index contributed by atoms with van der Waals surface area (Å²) in [6, 6.07) is 17.6. The van der Waals surface area contributed by atoms with Crippen LogP contribution in [0, 0.1) is 0 Å². The Bertz CT molecular complexity index is 993. The van der Waals surface area contributed by atoms with Crippen LogP contribution in [0.1, 0.15) is 17.3 Å². The smallest absolute Gasteiger partial charge is 0.259 e. The minimum Gasteiger partial charge on any atom is -0.324 e. The van der Waals surface area contributed by atoms with Crippen molar-refractivity contribution in [1.82, 2.24) is 0 Å². The van der Waals surface area contributed by atoms with Crippen molar-refractivity contribution in [2.75, 3.05) is 10.2 Å². The lowest BCUT2D eigenvalue weighted by Gasteiger charge is -2.24. The number of benzene rings is 3. The Morgan fingerprint density at radius 3 is 2.44 bits per heavy atom. The number of hydrogen-bond acceptors (Lipinski definition) is 2. The lowest BCUT2D eigenvalue weighted by molar-refractivity contribution is -0.117. The van der Waals surface area contributed by atoms with Crippen LogP contribution in [0.4, 0.5) is 11.4 Å². The Kier molecular flexibility index (Phi) is 3.70. The standard InChI is InChI=1S/C20H15ClN2O2/c1-12(19(24)22-15-10-8-14(21)9-11-15)23-17-7-3-5-13-4-2-6-16(18(13)17)20(23)25/h2-12H,1H3,(H,22,24)/t12-/m1/s1. The first kappa shape index (κ1) is 15.7. The summed E-state index contributed by atoms with van der Waals surface area (Å²) >= 11 is 5.86. The predicted octanol–water partition coefficient (Wildman–Crippen LogP) is 4.48. The third-order valence-electron chi connectivity index (χ3n) is 4.47. The van der Waals surface area contributed by atoms with Crippen molar-refractivity contribution in [3.8, 4) is 0 Å². The maximum Gasteiger partial charge on any atom is 0.259 e. The molecule has 0 unspecified atom stereocenters. The van der Waals surface area contributed by atoms with Gasteiger partial charge in [-0.15, -0.1) is 0 Å². The molecule has 0 saturated heterocycles. The van der Waals surface area contributed by atoms with E-state index < -0.39 is 6.04 Å². The van der Waals surface area contributed by atoms with Crippen LogP contribution < -0.4 is 10.2 Å². The highest BCUT2D eigenvalue weighted by Crippen LogP contribution is 2.38. The van der Waals surface area contributed by atoms with Gasteiger partial charge in [-0.05, 0) is 48.7 Å². The number of hydrogen-bond donors (Lipinski definition) is 1. The van der Waals surface area contributed by atoms with Gasteiger partial charge in [-0.1, -0.05) is 35.9 Å². The molecule has 1 aliphatic rings. The SMILES string of the molecule is C[C@H](C(=O)Nc1ccc(Cl)cc1)N1C(=O)c2cccc3cccc1c23. The highest BCUT2D eigenvalue weighted by molar-refractivity contribution is 6.30. The van der Waals surface area contributed by atoms with Gasteiger partial charge >= 0.3 is 0 Å². The van der Waals surface area contributed by atoms with Gasteiger partial charge < -0.3 is 5.32 Å². The van der Waals surface area contributed by atoms with Crippen LogP contribution in [-0.2, 0) is 4.79 Å². The number of anilines is 2.